The topological polar surface area (TPSA) is 22.1 Å². The van der Waals surface area contributed by atoms with E-state index in [0.29, 0.717) is 0 Å². The molecule has 1 saturated carbocycles. The van der Waals surface area contributed by atoms with E-state index in [1.54, 1.807) is 0 Å². The molecule has 0 N–H and O–H groups in total. The predicted octanol–water partition coefficient (Wildman–Crippen LogP) is -1.32. The molecule has 76 valence electrons. The Morgan fingerprint density at radius 3 is 2.33 bits per heavy atom. The minimum Gasteiger partial charge on any atom is -0.474 e. The molecular weight excluding hydrogens is 233 g/mol. The van der Waals surface area contributed by atoms with Crippen LogP contribution in [0.3, 0.4) is 0 Å². The van der Waals surface area contributed by atoms with E-state index in [-0.39, 0.29) is 63.4 Å². The van der Waals surface area contributed by atoms with E-state index in [2.05, 4.69) is 4.98 Å². The van der Waals surface area contributed by atoms with E-state index >= 15 is 0 Å². The van der Waals surface area contributed by atoms with Crippen molar-refractivity contribution in [2.45, 2.75) is 18.9 Å². The Hall–Kier alpha value is 0.441. The van der Waals surface area contributed by atoms with Gasteiger partial charge in [-0.2, -0.15) is 0 Å². The summed E-state index contributed by atoms with van der Waals surface area (Å²) in [5.74, 6) is 0.274. The van der Waals surface area contributed by atoms with Crippen molar-refractivity contribution in [1.29, 1.82) is 0 Å². The molecule has 0 radical (unpaired) electrons. The molecule has 1 aromatic heterocycles. The van der Waals surface area contributed by atoms with Crippen LogP contribution in [0.25, 0.3) is 0 Å². The van der Waals surface area contributed by atoms with Gasteiger partial charge in [-0.05, 0) is 18.9 Å². The molecule has 0 aliphatic heterocycles. The molecule has 0 aromatic carbocycles. The Morgan fingerprint density at radius 1 is 1.27 bits per heavy atom. The zero-order valence-electron chi connectivity index (χ0n) is 8.29. The minimum atomic E-state index is -4.94. The van der Waals surface area contributed by atoms with E-state index in [1.807, 2.05) is 0 Å². The first-order valence-corrected chi connectivity index (χ1v) is 4.38. The average molecular weight is 241 g/mol. The van der Waals surface area contributed by atoms with E-state index in [1.165, 1.54) is 6.07 Å². The molecule has 15 heavy (non-hydrogen) atoms. The van der Waals surface area contributed by atoms with Crippen LogP contribution in [0.15, 0.2) is 18.3 Å². The quantitative estimate of drug-likeness (QED) is 0.612. The molecule has 2 rings (SSSR count). The molecule has 0 atom stereocenters. The average Bonchev–Trinajstić information content (AvgIpc) is 2.88. The third-order valence-corrected chi connectivity index (χ3v) is 1.95. The van der Waals surface area contributed by atoms with Crippen molar-refractivity contribution in [1.82, 2.24) is 4.98 Å². The molecule has 0 bridgehead atoms. The zero-order chi connectivity index (χ0) is 10.2. The fraction of sp³-hybridized carbons (Fsp3) is 0.375. The molecule has 2 nitrogen and oxygen atoms in total. The van der Waals surface area contributed by atoms with Crippen molar-refractivity contribution in [3.8, 4) is 5.88 Å². The van der Waals surface area contributed by atoms with Crippen LogP contribution in [0.4, 0.5) is 12.9 Å². The molecule has 0 saturated heterocycles. The van der Waals surface area contributed by atoms with Crippen molar-refractivity contribution >= 4 is 12.4 Å². The molecule has 1 fully saturated rings. The molecule has 1 aliphatic rings. The van der Waals surface area contributed by atoms with Crippen molar-refractivity contribution < 1.29 is 69.1 Å². The van der Waals surface area contributed by atoms with Crippen LogP contribution in [-0.2, 0) is 0 Å². The number of hydrogen-bond acceptors (Lipinski definition) is 2. The third-order valence-electron chi connectivity index (χ3n) is 1.95. The van der Waals surface area contributed by atoms with Gasteiger partial charge in [-0.25, -0.2) is 4.98 Å². The van der Waals surface area contributed by atoms with Gasteiger partial charge in [-0.15, -0.1) is 0 Å². The first-order chi connectivity index (χ1) is 6.55. The number of rotatable bonds is 3. The van der Waals surface area contributed by atoms with Gasteiger partial charge in [0.05, 0.1) is 0 Å². The summed E-state index contributed by atoms with van der Waals surface area (Å²) in [6.07, 6.45) is 2.90. The molecule has 7 heteroatoms. The predicted molar refractivity (Wildman–Crippen MR) is 46.6 cm³/mol. The van der Waals surface area contributed by atoms with Crippen LogP contribution in [0.1, 0.15) is 12.8 Å². The van der Waals surface area contributed by atoms with E-state index < -0.39 is 12.4 Å². The summed E-state index contributed by atoms with van der Waals surface area (Å²) >= 11 is 0. The largest absolute Gasteiger partial charge is 1.00 e. The fourth-order valence-corrected chi connectivity index (χ4v) is 1.01. The second-order valence-corrected chi connectivity index (χ2v) is 3.32. The van der Waals surface area contributed by atoms with Crippen molar-refractivity contribution in [3.63, 3.8) is 0 Å². The van der Waals surface area contributed by atoms with Gasteiger partial charge in [-0.1, -0.05) is 11.5 Å². The van der Waals surface area contributed by atoms with Gasteiger partial charge in [0.1, 0.15) is 6.10 Å². The minimum absolute atomic E-state index is 0. The summed E-state index contributed by atoms with van der Waals surface area (Å²) in [4.78, 5) is 3.60. The Kier molecular flexibility index (Phi) is 4.66. The number of hydrogen-bond donors (Lipinski definition) is 0. The summed E-state index contributed by atoms with van der Waals surface area (Å²) in [6.45, 7) is -4.94. The van der Waals surface area contributed by atoms with E-state index in [0.717, 1.165) is 25.1 Å². The summed E-state index contributed by atoms with van der Waals surface area (Å²) in [5, 5.41) is 0. The first kappa shape index (κ1) is 13.5. The van der Waals surface area contributed by atoms with Crippen LogP contribution < -0.4 is 61.6 Å². The summed E-state index contributed by atoms with van der Waals surface area (Å²) in [6, 6.07) is 2.27. The number of aromatic nitrogens is 1. The summed E-state index contributed by atoms with van der Waals surface area (Å²) < 4.78 is 41.7. The summed E-state index contributed by atoms with van der Waals surface area (Å²) in [5.41, 5.74) is -0.687. The van der Waals surface area contributed by atoms with Gasteiger partial charge in [0.2, 0.25) is 5.88 Å². The third kappa shape index (κ3) is 4.07. The van der Waals surface area contributed by atoms with Gasteiger partial charge in [0.15, 0.2) is 0 Å². The molecule has 1 aromatic rings. The van der Waals surface area contributed by atoms with Gasteiger partial charge in [0.25, 0.3) is 0 Å². The normalized spacial score (nSPS) is 15.7. The van der Waals surface area contributed by atoms with Crippen LogP contribution in [0, 0.1) is 0 Å². The van der Waals surface area contributed by atoms with Crippen LogP contribution in [-0.4, -0.2) is 18.1 Å². The zero-order valence-corrected chi connectivity index (χ0v) is 11.4. The number of nitrogens with zero attached hydrogens (tertiary/aromatic N) is 1. The second kappa shape index (κ2) is 5.18. The number of pyridine rings is 1. The fourth-order valence-electron chi connectivity index (χ4n) is 1.01. The maximum Gasteiger partial charge on any atom is 1.00 e. The molecule has 0 unspecified atom stereocenters. The Morgan fingerprint density at radius 2 is 1.93 bits per heavy atom. The van der Waals surface area contributed by atoms with E-state index in [4.69, 9.17) is 4.74 Å². The second-order valence-electron chi connectivity index (χ2n) is 3.32. The van der Waals surface area contributed by atoms with Crippen molar-refractivity contribution in [2.75, 3.05) is 0 Å². The number of ether oxygens (including phenoxy) is 1. The van der Waals surface area contributed by atoms with Crippen LogP contribution in [0.2, 0.25) is 0 Å². The van der Waals surface area contributed by atoms with Crippen molar-refractivity contribution in [3.05, 3.63) is 18.3 Å². The Labute approximate surface area is 128 Å². The molecule has 1 heterocycles. The molecule has 1 aliphatic carbocycles. The molecule has 0 spiro atoms. The van der Waals surface area contributed by atoms with Gasteiger partial charge in [0, 0.05) is 6.20 Å². The standard InChI is InChI=1S/C8H8BF3NO.K/c10-9(11,12)6-1-4-8(13-5-6)14-7-2-3-7;/h1,4-5,7H,2-3H2;/q-1;+1. The van der Waals surface area contributed by atoms with Gasteiger partial charge >= 0.3 is 58.4 Å². The summed E-state index contributed by atoms with van der Waals surface area (Å²) in [7, 11) is 0. The van der Waals surface area contributed by atoms with Gasteiger partial charge < -0.3 is 17.7 Å². The Bertz CT molecular complexity index is 326. The smallest absolute Gasteiger partial charge is 0.474 e. The van der Waals surface area contributed by atoms with E-state index in [9.17, 15) is 12.9 Å². The first-order valence-electron chi connectivity index (χ1n) is 4.38. The monoisotopic (exact) mass is 241 g/mol. The van der Waals surface area contributed by atoms with Crippen molar-refractivity contribution in [2.24, 2.45) is 0 Å². The maximum atomic E-state index is 12.2. The number of halogens is 3. The van der Waals surface area contributed by atoms with Crippen LogP contribution >= 0.6 is 0 Å². The molecule has 0 amide bonds. The SMILES string of the molecule is F[B-](F)(F)c1ccc(OC2CC2)nc1.[K+]. The van der Waals surface area contributed by atoms with Crippen LogP contribution in [0.5, 0.6) is 5.88 Å². The van der Waals surface area contributed by atoms with Gasteiger partial charge in [-0.3, -0.25) is 0 Å². The maximum absolute atomic E-state index is 12.2. The molecular formula is C8H8BF3KNO. The Balaban J connectivity index is 0.00000112.